The van der Waals surface area contributed by atoms with Crippen molar-refractivity contribution < 1.29 is 32.2 Å². The Balaban J connectivity index is 1.60. The average molecular weight is 563 g/mol. The molecule has 12 heteroatoms. The van der Waals surface area contributed by atoms with E-state index < -0.39 is 23.4 Å². The number of benzene rings is 2. The second kappa shape index (κ2) is 13.3. The molecule has 0 N–H and O–H groups in total. The number of esters is 1. The van der Waals surface area contributed by atoms with Gasteiger partial charge < -0.3 is 24.0 Å². The van der Waals surface area contributed by atoms with Gasteiger partial charge in [-0.3, -0.25) is 4.79 Å². The van der Waals surface area contributed by atoms with E-state index in [0.29, 0.717) is 35.5 Å². The molecule has 0 amide bonds. The number of anilines is 1. The van der Waals surface area contributed by atoms with Crippen molar-refractivity contribution >= 4 is 25.3 Å². The molecule has 41 heavy (non-hydrogen) atoms. The molecule has 1 aliphatic rings. The van der Waals surface area contributed by atoms with E-state index in [9.17, 15) is 22.8 Å². The van der Waals surface area contributed by atoms with E-state index in [2.05, 4.69) is 26.7 Å². The van der Waals surface area contributed by atoms with Crippen LogP contribution in [0.1, 0.15) is 33.8 Å². The van der Waals surface area contributed by atoms with Gasteiger partial charge >= 0.3 is 12.1 Å². The van der Waals surface area contributed by atoms with Crippen LogP contribution in [0.3, 0.4) is 0 Å². The van der Waals surface area contributed by atoms with Gasteiger partial charge in [-0.05, 0) is 23.6 Å². The maximum absolute atomic E-state index is 13.8. The minimum atomic E-state index is -4.71. The molecule has 8 nitrogen and oxygen atoms in total. The number of rotatable bonds is 8. The molecular weight excluding hydrogens is 536 g/mol. The van der Waals surface area contributed by atoms with Gasteiger partial charge in [0.2, 0.25) is 0 Å². The third-order valence-electron chi connectivity index (χ3n) is 6.61. The predicted octanol–water partition coefficient (Wildman–Crippen LogP) is 3.14. The standard InChI is InChI=1S/C29H27BF3N4O4/c1-40-26-17-23(36-11-13-37(14-12-36)30-19-38)9-7-22(26)15-27-34-18-24(29(31,32)33)25(35-27)10-8-20-5-3-4-6-21(20)16-28(39)41-2/h3-7,9,17-19H,11-16H2,1-2H3. The Labute approximate surface area is 236 Å². The molecule has 1 radical (unpaired) electrons. The van der Waals surface area contributed by atoms with Crippen molar-refractivity contribution in [2.24, 2.45) is 0 Å². The lowest BCUT2D eigenvalue weighted by molar-refractivity contribution is -0.140. The summed E-state index contributed by atoms with van der Waals surface area (Å²) >= 11 is 0. The molecule has 3 aromatic rings. The minimum Gasteiger partial charge on any atom is -0.496 e. The molecule has 1 saturated heterocycles. The second-order valence-electron chi connectivity index (χ2n) is 9.19. The third-order valence-corrected chi connectivity index (χ3v) is 6.61. The maximum Gasteiger partial charge on any atom is 0.420 e. The Bertz CT molecular complexity index is 1460. The number of carbonyl (C=O) groups excluding carboxylic acids is 2. The monoisotopic (exact) mass is 563 g/mol. The quantitative estimate of drug-likeness (QED) is 0.179. The topological polar surface area (TPSA) is 84.9 Å². The van der Waals surface area contributed by atoms with E-state index in [4.69, 9.17) is 9.47 Å². The number of methoxy groups -OCH3 is 2. The third kappa shape index (κ3) is 7.64. The highest BCUT2D eigenvalue weighted by Gasteiger charge is 2.35. The highest BCUT2D eigenvalue weighted by molar-refractivity contribution is 6.64. The summed E-state index contributed by atoms with van der Waals surface area (Å²) in [6, 6.07) is 12.3. The number of halogens is 3. The first kappa shape index (κ1) is 29.6. The van der Waals surface area contributed by atoms with Crippen LogP contribution in [0.4, 0.5) is 18.9 Å². The number of aromatic nitrogens is 2. The van der Waals surface area contributed by atoms with Crippen molar-refractivity contribution in [2.75, 3.05) is 45.3 Å². The van der Waals surface area contributed by atoms with Crippen LogP contribution < -0.4 is 9.64 Å². The van der Waals surface area contributed by atoms with Gasteiger partial charge in [0.25, 0.3) is 7.41 Å². The molecule has 0 aliphatic carbocycles. The average Bonchev–Trinajstić information content (AvgIpc) is 2.97. The molecule has 1 aromatic heterocycles. The SMILES string of the molecule is COC(=O)Cc1ccccc1C#Cc1nc(Cc2ccc(N3CCN([B]C=O)CC3)cc2OC)ncc1C(F)(F)F. The summed E-state index contributed by atoms with van der Waals surface area (Å²) in [6.07, 6.45) is -3.13. The summed E-state index contributed by atoms with van der Waals surface area (Å²) in [5.74, 6) is 5.50. The summed E-state index contributed by atoms with van der Waals surface area (Å²) in [4.78, 5) is 34.7. The largest absolute Gasteiger partial charge is 0.496 e. The zero-order chi connectivity index (χ0) is 29.4. The van der Waals surface area contributed by atoms with Crippen molar-refractivity contribution in [3.05, 3.63) is 82.4 Å². The normalized spacial score (nSPS) is 13.6. The molecule has 2 aromatic carbocycles. The van der Waals surface area contributed by atoms with Crippen molar-refractivity contribution in [3.63, 3.8) is 0 Å². The van der Waals surface area contributed by atoms with E-state index in [-0.39, 0.29) is 18.7 Å². The van der Waals surface area contributed by atoms with Gasteiger partial charge in [-0.15, -0.1) is 0 Å². The van der Waals surface area contributed by atoms with E-state index in [1.54, 1.807) is 24.3 Å². The van der Waals surface area contributed by atoms with Crippen molar-refractivity contribution in [1.82, 2.24) is 14.8 Å². The van der Waals surface area contributed by atoms with Crippen LogP contribution in [-0.2, 0) is 33.3 Å². The zero-order valence-electron chi connectivity index (χ0n) is 22.6. The fraction of sp³-hybridized carbons (Fsp3) is 0.310. The number of piperazine rings is 1. The van der Waals surface area contributed by atoms with Crippen LogP contribution in [0.15, 0.2) is 48.7 Å². The van der Waals surface area contributed by atoms with E-state index >= 15 is 0 Å². The Kier molecular flexibility index (Phi) is 9.63. The van der Waals surface area contributed by atoms with Gasteiger partial charge in [0, 0.05) is 61.7 Å². The Morgan fingerprint density at radius 1 is 1.07 bits per heavy atom. The van der Waals surface area contributed by atoms with Crippen LogP contribution in [-0.4, -0.2) is 74.7 Å². The number of carbonyl (C=O) groups is 2. The van der Waals surface area contributed by atoms with Gasteiger partial charge in [0.1, 0.15) is 22.8 Å². The highest BCUT2D eigenvalue weighted by atomic mass is 19.4. The Morgan fingerprint density at radius 2 is 1.83 bits per heavy atom. The van der Waals surface area contributed by atoms with Crippen molar-refractivity contribution in [1.29, 1.82) is 0 Å². The lowest BCUT2D eigenvalue weighted by Crippen LogP contribution is -2.48. The summed E-state index contributed by atoms with van der Waals surface area (Å²) in [6.45, 7) is 2.86. The lowest BCUT2D eigenvalue weighted by atomic mass is 9.93. The van der Waals surface area contributed by atoms with Crippen molar-refractivity contribution in [3.8, 4) is 17.6 Å². The summed E-state index contributed by atoms with van der Waals surface area (Å²) in [5.41, 5.74) is 1.05. The molecular formula is C29H27BF3N4O4. The van der Waals surface area contributed by atoms with Gasteiger partial charge in [-0.25, -0.2) is 9.97 Å². The summed E-state index contributed by atoms with van der Waals surface area (Å²) in [5, 5.41) is 0. The molecule has 1 aliphatic heterocycles. The molecule has 2 heterocycles. The maximum atomic E-state index is 13.8. The zero-order valence-corrected chi connectivity index (χ0v) is 22.6. The van der Waals surface area contributed by atoms with Gasteiger partial charge in [-0.1, -0.05) is 30.2 Å². The van der Waals surface area contributed by atoms with Crippen LogP contribution in [0.5, 0.6) is 5.75 Å². The number of nitrogens with zero attached hydrogens (tertiary/aromatic N) is 4. The fourth-order valence-electron chi connectivity index (χ4n) is 4.42. The first-order valence-corrected chi connectivity index (χ1v) is 12.8. The molecule has 0 saturated carbocycles. The molecule has 0 spiro atoms. The van der Waals surface area contributed by atoms with Crippen LogP contribution in [0, 0.1) is 11.8 Å². The lowest BCUT2D eigenvalue weighted by Gasteiger charge is -2.35. The number of hydrogen-bond donors (Lipinski definition) is 0. The second-order valence-corrected chi connectivity index (χ2v) is 9.19. The molecule has 4 rings (SSSR count). The number of alkyl halides is 3. The van der Waals surface area contributed by atoms with E-state index in [1.165, 1.54) is 21.6 Å². The van der Waals surface area contributed by atoms with Crippen molar-refractivity contribution in [2.45, 2.75) is 19.0 Å². The van der Waals surface area contributed by atoms with Gasteiger partial charge in [0.15, 0.2) is 0 Å². The van der Waals surface area contributed by atoms with Crippen LogP contribution in [0.25, 0.3) is 0 Å². The van der Waals surface area contributed by atoms with Crippen LogP contribution in [0.2, 0.25) is 0 Å². The molecule has 0 bridgehead atoms. The smallest absolute Gasteiger partial charge is 0.420 e. The highest BCUT2D eigenvalue weighted by Crippen LogP contribution is 2.32. The van der Waals surface area contributed by atoms with Gasteiger partial charge in [0.05, 0.1) is 26.8 Å². The molecule has 0 unspecified atom stereocenters. The number of ether oxygens (including phenoxy) is 2. The predicted molar refractivity (Wildman–Crippen MR) is 147 cm³/mol. The first-order chi connectivity index (χ1) is 19.7. The first-order valence-electron chi connectivity index (χ1n) is 12.8. The van der Waals surface area contributed by atoms with Crippen LogP contribution >= 0.6 is 0 Å². The Morgan fingerprint density at radius 3 is 2.51 bits per heavy atom. The Hall–Kier alpha value is -4.37. The summed E-state index contributed by atoms with van der Waals surface area (Å²) < 4.78 is 51.6. The fourth-order valence-corrected chi connectivity index (χ4v) is 4.42. The van der Waals surface area contributed by atoms with E-state index in [0.717, 1.165) is 31.2 Å². The summed E-state index contributed by atoms with van der Waals surface area (Å²) in [7, 11) is 4.31. The van der Waals surface area contributed by atoms with E-state index in [1.807, 2.05) is 23.0 Å². The molecule has 1 fully saturated rings. The number of hydrogen-bond acceptors (Lipinski definition) is 8. The molecule has 0 atom stereocenters. The minimum absolute atomic E-state index is 0.0643. The molecule has 211 valence electrons. The van der Waals surface area contributed by atoms with Gasteiger partial charge in [-0.2, -0.15) is 13.2 Å².